The van der Waals surface area contributed by atoms with Gasteiger partial charge in [-0.15, -0.1) is 0 Å². The molecule has 3 amide bonds. The molecule has 3 N–H and O–H groups in total. The highest BCUT2D eigenvalue weighted by Crippen LogP contribution is 2.21. The topological polar surface area (TPSA) is 97.3 Å². The van der Waals surface area contributed by atoms with Crippen LogP contribution in [-0.2, 0) is 11.2 Å². The van der Waals surface area contributed by atoms with Gasteiger partial charge in [-0.05, 0) is 24.8 Å². The molecule has 1 aromatic carbocycles. The summed E-state index contributed by atoms with van der Waals surface area (Å²) in [5.41, 5.74) is 1.25. The zero-order valence-electron chi connectivity index (χ0n) is 14.9. The first-order chi connectivity index (χ1) is 12.6. The number of carbonyl (C=O) groups is 2. The van der Waals surface area contributed by atoms with Crippen molar-refractivity contribution in [2.75, 3.05) is 26.7 Å². The third kappa shape index (κ3) is 3.80. The van der Waals surface area contributed by atoms with Crippen LogP contribution in [0.2, 0.25) is 0 Å². The first-order valence-corrected chi connectivity index (χ1v) is 8.92. The van der Waals surface area contributed by atoms with E-state index < -0.39 is 18.2 Å². The van der Waals surface area contributed by atoms with E-state index in [0.717, 1.165) is 12.8 Å². The molecular formula is C18H25N5O3. The number of guanidine groups is 1. The lowest BCUT2D eigenvalue weighted by atomic mass is 10.1. The van der Waals surface area contributed by atoms with Crippen molar-refractivity contribution in [1.82, 2.24) is 20.4 Å². The van der Waals surface area contributed by atoms with Crippen molar-refractivity contribution < 1.29 is 14.7 Å². The zero-order valence-corrected chi connectivity index (χ0v) is 14.9. The molecule has 26 heavy (non-hydrogen) atoms. The maximum atomic E-state index is 12.4. The molecule has 2 atom stereocenters. The number of rotatable bonds is 7. The van der Waals surface area contributed by atoms with Gasteiger partial charge in [0.15, 0.2) is 12.0 Å². The average Bonchev–Trinajstić information content (AvgIpc) is 3.00. The highest BCUT2D eigenvalue weighted by Gasteiger charge is 2.49. The first-order valence-electron chi connectivity index (χ1n) is 8.92. The second-order valence-electron chi connectivity index (χ2n) is 6.50. The number of aliphatic hydroxyl groups is 1. The number of amides is 3. The summed E-state index contributed by atoms with van der Waals surface area (Å²) in [7, 11) is 1.66. The largest absolute Gasteiger partial charge is 0.396 e. The fourth-order valence-corrected chi connectivity index (χ4v) is 3.32. The molecule has 8 nitrogen and oxygen atoms in total. The Bertz CT molecular complexity index is 679. The second-order valence-corrected chi connectivity index (χ2v) is 6.50. The van der Waals surface area contributed by atoms with E-state index in [9.17, 15) is 9.59 Å². The fourth-order valence-electron chi connectivity index (χ4n) is 3.32. The van der Waals surface area contributed by atoms with Crippen LogP contribution in [0.15, 0.2) is 35.3 Å². The Labute approximate surface area is 152 Å². The van der Waals surface area contributed by atoms with E-state index in [2.05, 4.69) is 27.8 Å². The molecule has 0 spiro atoms. The van der Waals surface area contributed by atoms with Gasteiger partial charge in [0.2, 0.25) is 0 Å². The SMILES string of the molecule is CN1C(=O)NC(=O)C2C1NC(=NCCCO)N2CCCc1ccccc1. The molecule has 3 rings (SSSR count). The molecule has 0 aliphatic carbocycles. The van der Waals surface area contributed by atoms with Gasteiger partial charge >= 0.3 is 6.03 Å². The van der Waals surface area contributed by atoms with Crippen molar-refractivity contribution in [3.63, 3.8) is 0 Å². The Balaban J connectivity index is 1.72. The van der Waals surface area contributed by atoms with Gasteiger partial charge in [0.05, 0.1) is 0 Å². The number of carbonyl (C=O) groups excluding carboxylic acids is 2. The van der Waals surface area contributed by atoms with Gasteiger partial charge < -0.3 is 20.2 Å². The van der Waals surface area contributed by atoms with Crippen LogP contribution in [0.4, 0.5) is 4.79 Å². The van der Waals surface area contributed by atoms with E-state index in [4.69, 9.17) is 5.11 Å². The van der Waals surface area contributed by atoms with Gasteiger partial charge in [-0.25, -0.2) is 4.79 Å². The third-order valence-electron chi connectivity index (χ3n) is 4.71. The normalized spacial score (nSPS) is 23.8. The summed E-state index contributed by atoms with van der Waals surface area (Å²) in [5, 5.41) is 14.6. The van der Waals surface area contributed by atoms with Crippen molar-refractivity contribution in [2.45, 2.75) is 31.5 Å². The molecule has 2 heterocycles. The molecule has 2 fully saturated rings. The van der Waals surface area contributed by atoms with Gasteiger partial charge in [-0.3, -0.25) is 15.1 Å². The summed E-state index contributed by atoms with van der Waals surface area (Å²) in [6.07, 6.45) is 1.88. The molecule has 1 aromatic rings. The van der Waals surface area contributed by atoms with Gasteiger partial charge in [0, 0.05) is 26.7 Å². The van der Waals surface area contributed by atoms with E-state index in [1.807, 2.05) is 23.1 Å². The predicted octanol–water partition coefficient (Wildman–Crippen LogP) is 0.139. The lowest BCUT2D eigenvalue weighted by Crippen LogP contribution is -2.64. The number of nitrogens with one attached hydrogen (secondary N) is 2. The Hall–Kier alpha value is -2.61. The van der Waals surface area contributed by atoms with Crippen LogP contribution >= 0.6 is 0 Å². The lowest BCUT2D eigenvalue weighted by molar-refractivity contribution is -0.127. The summed E-state index contributed by atoms with van der Waals surface area (Å²) in [6.45, 7) is 1.18. The minimum atomic E-state index is -0.499. The van der Waals surface area contributed by atoms with E-state index in [-0.39, 0.29) is 12.5 Å². The molecule has 0 aromatic heterocycles. The van der Waals surface area contributed by atoms with Crippen LogP contribution in [0.1, 0.15) is 18.4 Å². The molecular weight excluding hydrogens is 334 g/mol. The number of benzene rings is 1. The number of nitrogens with zero attached hydrogens (tertiary/aromatic N) is 3. The fraction of sp³-hybridized carbons (Fsp3) is 0.500. The molecule has 8 heteroatoms. The predicted molar refractivity (Wildman–Crippen MR) is 97.5 cm³/mol. The van der Waals surface area contributed by atoms with Crippen LogP contribution in [0.3, 0.4) is 0 Å². The Morgan fingerprint density at radius 2 is 1.96 bits per heavy atom. The number of fused-ring (bicyclic) bond motifs is 1. The summed E-state index contributed by atoms with van der Waals surface area (Å²) in [4.78, 5) is 32.2. The van der Waals surface area contributed by atoms with Crippen LogP contribution in [-0.4, -0.2) is 71.8 Å². The van der Waals surface area contributed by atoms with Crippen molar-refractivity contribution in [3.8, 4) is 0 Å². The maximum Gasteiger partial charge on any atom is 0.325 e. The van der Waals surface area contributed by atoms with E-state index in [1.165, 1.54) is 10.5 Å². The first kappa shape index (κ1) is 18.2. The van der Waals surface area contributed by atoms with Crippen molar-refractivity contribution in [3.05, 3.63) is 35.9 Å². The Kier molecular flexibility index (Phi) is 5.72. The maximum absolute atomic E-state index is 12.4. The second kappa shape index (κ2) is 8.18. The van der Waals surface area contributed by atoms with Crippen LogP contribution in [0.25, 0.3) is 0 Å². The Morgan fingerprint density at radius 1 is 1.19 bits per heavy atom. The average molecular weight is 359 g/mol. The summed E-state index contributed by atoms with van der Waals surface area (Å²) < 4.78 is 0. The van der Waals surface area contributed by atoms with Gasteiger partial charge in [-0.1, -0.05) is 30.3 Å². The van der Waals surface area contributed by atoms with Gasteiger partial charge in [0.25, 0.3) is 5.91 Å². The van der Waals surface area contributed by atoms with Crippen molar-refractivity contribution in [2.24, 2.45) is 4.99 Å². The molecule has 2 saturated heterocycles. The number of hydrogen-bond donors (Lipinski definition) is 3. The molecule has 140 valence electrons. The number of aryl methyl sites for hydroxylation is 1. The van der Waals surface area contributed by atoms with Crippen molar-refractivity contribution >= 4 is 17.9 Å². The van der Waals surface area contributed by atoms with Crippen LogP contribution < -0.4 is 10.6 Å². The van der Waals surface area contributed by atoms with Gasteiger partial charge in [-0.2, -0.15) is 0 Å². The number of aliphatic imine (C=N–C) groups is 1. The number of hydrogen-bond acceptors (Lipinski definition) is 4. The van der Waals surface area contributed by atoms with Crippen molar-refractivity contribution in [1.29, 1.82) is 0 Å². The van der Waals surface area contributed by atoms with Crippen LogP contribution in [0, 0.1) is 0 Å². The number of urea groups is 1. The molecule has 2 unspecified atom stereocenters. The number of likely N-dealkylation sites (N-methyl/N-ethyl adjacent to an activating group) is 1. The minimum Gasteiger partial charge on any atom is -0.396 e. The molecule has 0 bridgehead atoms. The van der Waals surface area contributed by atoms with Gasteiger partial charge in [0.1, 0.15) is 6.17 Å². The van der Waals surface area contributed by atoms with Crippen LogP contribution in [0.5, 0.6) is 0 Å². The van der Waals surface area contributed by atoms with E-state index >= 15 is 0 Å². The zero-order chi connectivity index (χ0) is 18.5. The standard InChI is InChI=1S/C18H25N5O3/c1-22-15-14(16(25)21-18(22)26)23(17(20-15)19-10-6-12-24)11-5-9-13-7-3-2-4-8-13/h2-4,7-8,14-15,24H,5-6,9-12H2,1H3,(H,19,20)(H,21,25,26). The summed E-state index contributed by atoms with van der Waals surface area (Å²) >= 11 is 0. The minimum absolute atomic E-state index is 0.0660. The highest BCUT2D eigenvalue weighted by atomic mass is 16.3. The smallest absolute Gasteiger partial charge is 0.325 e. The van der Waals surface area contributed by atoms with E-state index in [1.54, 1.807) is 7.05 Å². The number of aliphatic hydroxyl groups excluding tert-OH is 1. The molecule has 2 aliphatic heterocycles. The number of imide groups is 1. The summed E-state index contributed by atoms with van der Waals surface area (Å²) in [5.74, 6) is 0.302. The lowest BCUT2D eigenvalue weighted by Gasteiger charge is -2.35. The van der Waals surface area contributed by atoms with E-state index in [0.29, 0.717) is 25.5 Å². The molecule has 2 aliphatic rings. The Morgan fingerprint density at radius 3 is 2.69 bits per heavy atom. The molecule has 0 saturated carbocycles. The molecule has 0 radical (unpaired) electrons. The summed E-state index contributed by atoms with van der Waals surface area (Å²) in [6, 6.07) is 9.27. The monoisotopic (exact) mass is 359 g/mol. The quantitative estimate of drug-likeness (QED) is 0.602. The highest BCUT2D eigenvalue weighted by molar-refractivity contribution is 6.04. The third-order valence-corrected chi connectivity index (χ3v) is 4.71.